The van der Waals surface area contributed by atoms with Gasteiger partial charge in [-0.05, 0) is 26.3 Å². The number of amides is 1. The van der Waals surface area contributed by atoms with Gasteiger partial charge in [0.15, 0.2) is 0 Å². The van der Waals surface area contributed by atoms with Crippen LogP contribution < -0.4 is 5.32 Å². The highest BCUT2D eigenvalue weighted by molar-refractivity contribution is 5.85. The summed E-state index contributed by atoms with van der Waals surface area (Å²) in [5.74, 6) is 0.115. The highest BCUT2D eigenvalue weighted by atomic mass is 16.5. The van der Waals surface area contributed by atoms with Gasteiger partial charge >= 0.3 is 0 Å². The van der Waals surface area contributed by atoms with Gasteiger partial charge in [-0.1, -0.05) is 30.3 Å². The lowest BCUT2D eigenvalue weighted by Crippen LogP contribution is -2.45. The molecule has 1 aliphatic rings. The van der Waals surface area contributed by atoms with Crippen molar-refractivity contribution >= 4 is 5.91 Å². The summed E-state index contributed by atoms with van der Waals surface area (Å²) in [6.45, 7) is 6.57. The van der Waals surface area contributed by atoms with Crippen molar-refractivity contribution in [2.24, 2.45) is 0 Å². The van der Waals surface area contributed by atoms with Gasteiger partial charge in [-0.15, -0.1) is 0 Å². The average Bonchev–Trinajstić information content (AvgIpc) is 2.67. The van der Waals surface area contributed by atoms with Crippen LogP contribution in [0.1, 0.15) is 32.4 Å². The molecule has 1 aliphatic heterocycles. The maximum Gasteiger partial charge on any atom is 0.245 e. The number of hydrogen-bond donors (Lipinski definition) is 1. The van der Waals surface area contributed by atoms with E-state index in [4.69, 9.17) is 4.74 Å². The van der Waals surface area contributed by atoms with Gasteiger partial charge in [0.1, 0.15) is 6.04 Å². The average molecular weight is 262 g/mol. The molecule has 1 fully saturated rings. The van der Waals surface area contributed by atoms with E-state index in [1.807, 2.05) is 56.0 Å². The Morgan fingerprint density at radius 1 is 1.32 bits per heavy atom. The molecule has 1 heterocycles. The summed E-state index contributed by atoms with van der Waals surface area (Å²) < 4.78 is 5.42. The summed E-state index contributed by atoms with van der Waals surface area (Å²) in [5, 5.41) is 3.34. The summed E-state index contributed by atoms with van der Waals surface area (Å²) in [7, 11) is 1.67. The van der Waals surface area contributed by atoms with Gasteiger partial charge in [-0.3, -0.25) is 10.1 Å². The standard InChI is InChI=1S/C15H22N2O2/c1-11-16-13(12-8-6-5-7-9-12)14(18)17(11)10-15(2,3)19-4/h5-9,11,13,16H,10H2,1-4H3. The number of ether oxygens (including phenoxy) is 1. The number of nitrogens with zero attached hydrogens (tertiary/aromatic N) is 1. The molecule has 0 aliphatic carbocycles. The highest BCUT2D eigenvalue weighted by Crippen LogP contribution is 2.25. The molecule has 0 aromatic heterocycles. The summed E-state index contributed by atoms with van der Waals surface area (Å²) in [5.41, 5.74) is 0.675. The number of hydrogen-bond acceptors (Lipinski definition) is 3. The highest BCUT2D eigenvalue weighted by Gasteiger charge is 2.39. The molecular formula is C15H22N2O2. The Morgan fingerprint density at radius 3 is 2.53 bits per heavy atom. The van der Waals surface area contributed by atoms with Crippen molar-refractivity contribution in [2.75, 3.05) is 13.7 Å². The van der Waals surface area contributed by atoms with E-state index >= 15 is 0 Å². The van der Waals surface area contributed by atoms with Gasteiger partial charge in [0.2, 0.25) is 5.91 Å². The predicted octanol–water partition coefficient (Wildman–Crippen LogP) is 1.93. The Kier molecular flexibility index (Phi) is 3.92. The van der Waals surface area contributed by atoms with E-state index in [2.05, 4.69) is 5.32 Å². The lowest BCUT2D eigenvalue weighted by molar-refractivity contribution is -0.133. The van der Waals surface area contributed by atoms with Crippen molar-refractivity contribution in [3.8, 4) is 0 Å². The van der Waals surface area contributed by atoms with Crippen LogP contribution in [-0.4, -0.2) is 36.2 Å². The van der Waals surface area contributed by atoms with Crippen LogP contribution in [0.4, 0.5) is 0 Å². The minimum absolute atomic E-state index is 0.0205. The summed E-state index contributed by atoms with van der Waals surface area (Å²) in [4.78, 5) is 14.4. The molecular weight excluding hydrogens is 240 g/mol. The van der Waals surface area contributed by atoms with E-state index < -0.39 is 0 Å². The van der Waals surface area contributed by atoms with E-state index in [9.17, 15) is 4.79 Å². The molecule has 104 valence electrons. The van der Waals surface area contributed by atoms with Crippen LogP contribution in [0.5, 0.6) is 0 Å². The van der Waals surface area contributed by atoms with Crippen LogP contribution >= 0.6 is 0 Å². The maximum absolute atomic E-state index is 12.5. The topological polar surface area (TPSA) is 41.6 Å². The second kappa shape index (κ2) is 5.31. The number of carbonyl (C=O) groups excluding carboxylic acids is 1. The van der Waals surface area contributed by atoms with Crippen LogP contribution in [-0.2, 0) is 9.53 Å². The lowest BCUT2D eigenvalue weighted by Gasteiger charge is -2.31. The fourth-order valence-electron chi connectivity index (χ4n) is 2.33. The van der Waals surface area contributed by atoms with Crippen LogP contribution in [0, 0.1) is 0 Å². The first-order valence-electron chi connectivity index (χ1n) is 6.61. The summed E-state index contributed by atoms with van der Waals surface area (Å²) in [6, 6.07) is 9.58. The third kappa shape index (κ3) is 2.96. The molecule has 1 amide bonds. The molecule has 1 N–H and O–H groups in total. The molecule has 19 heavy (non-hydrogen) atoms. The van der Waals surface area contributed by atoms with Gasteiger partial charge in [0.25, 0.3) is 0 Å². The molecule has 2 atom stereocenters. The number of methoxy groups -OCH3 is 1. The molecule has 1 aromatic carbocycles. The van der Waals surface area contributed by atoms with E-state index in [-0.39, 0.29) is 23.7 Å². The van der Waals surface area contributed by atoms with Gasteiger partial charge in [0, 0.05) is 7.11 Å². The molecule has 4 heteroatoms. The first-order valence-corrected chi connectivity index (χ1v) is 6.61. The van der Waals surface area contributed by atoms with Crippen LogP contribution in [0.15, 0.2) is 30.3 Å². The third-order valence-electron chi connectivity index (χ3n) is 3.64. The lowest BCUT2D eigenvalue weighted by atomic mass is 10.1. The van der Waals surface area contributed by atoms with Crippen molar-refractivity contribution in [3.05, 3.63) is 35.9 Å². The smallest absolute Gasteiger partial charge is 0.245 e. The molecule has 4 nitrogen and oxygen atoms in total. The number of rotatable bonds is 4. The van der Waals surface area contributed by atoms with Crippen molar-refractivity contribution in [2.45, 2.75) is 38.6 Å². The molecule has 2 rings (SSSR count). The first kappa shape index (κ1) is 14.0. The summed E-state index contributed by atoms with van der Waals surface area (Å²) in [6.07, 6.45) is 0.0205. The zero-order valence-electron chi connectivity index (χ0n) is 12.0. The van der Waals surface area contributed by atoms with Crippen molar-refractivity contribution < 1.29 is 9.53 Å². The van der Waals surface area contributed by atoms with Crippen molar-refractivity contribution in [3.63, 3.8) is 0 Å². The quantitative estimate of drug-likeness (QED) is 0.901. The second-order valence-electron chi connectivity index (χ2n) is 5.62. The fourth-order valence-corrected chi connectivity index (χ4v) is 2.33. The van der Waals surface area contributed by atoms with Crippen molar-refractivity contribution in [1.29, 1.82) is 0 Å². The van der Waals surface area contributed by atoms with Gasteiger partial charge in [-0.2, -0.15) is 0 Å². The number of nitrogens with one attached hydrogen (secondary N) is 1. The SMILES string of the molecule is COC(C)(C)CN1C(=O)C(c2ccccc2)NC1C. The van der Waals surface area contributed by atoms with Crippen molar-refractivity contribution in [1.82, 2.24) is 10.2 Å². The van der Waals surface area contributed by atoms with Crippen LogP contribution in [0.2, 0.25) is 0 Å². The van der Waals surface area contributed by atoms with E-state index in [1.54, 1.807) is 7.11 Å². The van der Waals surface area contributed by atoms with Gasteiger partial charge in [0.05, 0.1) is 18.3 Å². The first-order chi connectivity index (χ1) is 8.94. The molecule has 1 aromatic rings. The Morgan fingerprint density at radius 2 is 1.95 bits per heavy atom. The van der Waals surface area contributed by atoms with Gasteiger partial charge in [-0.25, -0.2) is 0 Å². The monoisotopic (exact) mass is 262 g/mol. The molecule has 1 saturated heterocycles. The van der Waals surface area contributed by atoms with Gasteiger partial charge < -0.3 is 9.64 Å². The van der Waals surface area contributed by atoms with E-state index in [1.165, 1.54) is 0 Å². The summed E-state index contributed by atoms with van der Waals surface area (Å²) >= 11 is 0. The van der Waals surface area contributed by atoms with Crippen LogP contribution in [0.3, 0.4) is 0 Å². The number of carbonyl (C=O) groups is 1. The molecule has 0 spiro atoms. The fraction of sp³-hybridized carbons (Fsp3) is 0.533. The Balaban J connectivity index is 2.15. The number of benzene rings is 1. The molecule has 0 saturated carbocycles. The van der Waals surface area contributed by atoms with Crippen LogP contribution in [0.25, 0.3) is 0 Å². The predicted molar refractivity (Wildman–Crippen MR) is 74.6 cm³/mol. The largest absolute Gasteiger partial charge is 0.377 e. The minimum atomic E-state index is -0.336. The zero-order chi connectivity index (χ0) is 14.0. The zero-order valence-corrected chi connectivity index (χ0v) is 12.0. The maximum atomic E-state index is 12.5. The Labute approximate surface area is 114 Å². The minimum Gasteiger partial charge on any atom is -0.377 e. The molecule has 2 unspecified atom stereocenters. The van der Waals surface area contributed by atoms with E-state index in [0.717, 1.165) is 5.56 Å². The molecule has 0 bridgehead atoms. The second-order valence-corrected chi connectivity index (χ2v) is 5.62. The molecule has 0 radical (unpaired) electrons. The van der Waals surface area contributed by atoms with E-state index in [0.29, 0.717) is 6.54 Å². The third-order valence-corrected chi connectivity index (χ3v) is 3.64. The Hall–Kier alpha value is -1.39. The Bertz CT molecular complexity index is 445. The normalized spacial score (nSPS) is 24.0.